The summed E-state index contributed by atoms with van der Waals surface area (Å²) < 4.78 is 43.3. The molecule has 1 aromatic heterocycles. The Balaban J connectivity index is 1.26. The Morgan fingerprint density at radius 1 is 1.00 bits per heavy atom. The van der Waals surface area contributed by atoms with Gasteiger partial charge in [0.05, 0.1) is 28.7 Å². The van der Waals surface area contributed by atoms with Crippen LogP contribution in [0.5, 0.6) is 5.75 Å². The molecule has 5 aromatic rings. The molecule has 11 heteroatoms. The number of ether oxygens (including phenoxy) is 1. The fraction of sp³-hybridized carbons (Fsp3) is 0.133. The smallest absolute Gasteiger partial charge is 0.406 e. The minimum Gasteiger partial charge on any atom is -0.406 e. The van der Waals surface area contributed by atoms with E-state index in [4.69, 9.17) is 5.41 Å². The molecule has 6 rings (SSSR count). The van der Waals surface area contributed by atoms with Gasteiger partial charge in [-0.1, -0.05) is 48.2 Å². The van der Waals surface area contributed by atoms with Crippen LogP contribution in [0.2, 0.25) is 0 Å². The minimum absolute atomic E-state index is 0.279. The molecule has 0 amide bonds. The maximum Gasteiger partial charge on any atom is 0.573 e. The highest BCUT2D eigenvalue weighted by molar-refractivity contribution is 8.15. The number of hydrogen-bond donors (Lipinski definition) is 1. The van der Waals surface area contributed by atoms with Crippen molar-refractivity contribution in [2.75, 3.05) is 10.7 Å². The number of para-hydroxylation sites is 1. The predicted molar refractivity (Wildman–Crippen MR) is 159 cm³/mol. The summed E-state index contributed by atoms with van der Waals surface area (Å²) in [5.74, 6) is 0.728. The molecule has 0 atom stereocenters. The molecule has 4 aromatic carbocycles. The maximum atomic E-state index is 12.5. The van der Waals surface area contributed by atoms with Crippen LogP contribution in [0.25, 0.3) is 27.5 Å². The van der Waals surface area contributed by atoms with Gasteiger partial charge in [-0.15, -0.1) is 18.3 Å². The average molecular weight is 573 g/mol. The largest absolute Gasteiger partial charge is 0.573 e. The van der Waals surface area contributed by atoms with Crippen LogP contribution in [0, 0.1) is 19.3 Å². The second kappa shape index (κ2) is 10.4. The quantitative estimate of drug-likeness (QED) is 0.174. The Morgan fingerprint density at radius 3 is 2.49 bits per heavy atom. The molecule has 1 fully saturated rings. The van der Waals surface area contributed by atoms with Crippen LogP contribution in [-0.4, -0.2) is 38.9 Å². The van der Waals surface area contributed by atoms with Gasteiger partial charge in [-0.05, 0) is 72.3 Å². The number of aromatic nitrogens is 2. The molecular formula is C30H23F3N6OS. The van der Waals surface area contributed by atoms with Crippen molar-refractivity contribution in [2.45, 2.75) is 20.2 Å². The van der Waals surface area contributed by atoms with E-state index >= 15 is 0 Å². The molecule has 0 bridgehead atoms. The van der Waals surface area contributed by atoms with Crippen molar-refractivity contribution < 1.29 is 17.9 Å². The fourth-order valence-electron chi connectivity index (χ4n) is 4.91. The number of rotatable bonds is 5. The van der Waals surface area contributed by atoms with E-state index in [0.29, 0.717) is 22.4 Å². The summed E-state index contributed by atoms with van der Waals surface area (Å²) >= 11 is 1.48. The number of fused-ring (bicyclic) bond motifs is 3. The molecule has 0 spiro atoms. The lowest BCUT2D eigenvalue weighted by molar-refractivity contribution is -0.274. The Bertz CT molecular complexity index is 1840. The van der Waals surface area contributed by atoms with E-state index in [1.807, 2.05) is 71.8 Å². The van der Waals surface area contributed by atoms with Gasteiger partial charge in [0.25, 0.3) is 0 Å². The van der Waals surface area contributed by atoms with Crippen LogP contribution in [0.3, 0.4) is 0 Å². The minimum atomic E-state index is -4.74. The van der Waals surface area contributed by atoms with E-state index in [9.17, 15) is 13.2 Å². The predicted octanol–water partition coefficient (Wildman–Crippen LogP) is 7.61. The molecule has 0 radical (unpaired) electrons. The first-order valence-corrected chi connectivity index (χ1v) is 13.6. The number of nitrogens with one attached hydrogen (secondary N) is 1. The Labute approximate surface area is 237 Å². The van der Waals surface area contributed by atoms with E-state index in [2.05, 4.69) is 19.9 Å². The zero-order valence-electron chi connectivity index (χ0n) is 22.0. The topological polar surface area (TPSA) is 78.9 Å². The molecule has 206 valence electrons. The molecular weight excluding hydrogens is 549 g/mol. The number of amidine groups is 2. The van der Waals surface area contributed by atoms with E-state index in [0.717, 1.165) is 44.2 Å². The number of alkyl halides is 3. The molecule has 0 unspecified atom stereocenters. The van der Waals surface area contributed by atoms with Gasteiger partial charge < -0.3 is 4.74 Å². The van der Waals surface area contributed by atoms with Crippen molar-refractivity contribution in [1.82, 2.24) is 9.55 Å². The van der Waals surface area contributed by atoms with Crippen LogP contribution in [-0.2, 0) is 0 Å². The second-order valence-electron chi connectivity index (χ2n) is 9.51. The first-order chi connectivity index (χ1) is 19.7. The third-order valence-electron chi connectivity index (χ3n) is 6.72. The molecule has 1 aliphatic heterocycles. The fourth-order valence-corrected chi connectivity index (χ4v) is 5.74. The number of imidazole rings is 1. The first kappa shape index (κ1) is 26.6. The molecule has 1 N–H and O–H groups in total. The summed E-state index contributed by atoms with van der Waals surface area (Å²) in [6, 6.07) is 21.5. The summed E-state index contributed by atoms with van der Waals surface area (Å²) in [6.07, 6.45) is -1.40. The number of halogens is 3. The van der Waals surface area contributed by atoms with E-state index in [1.165, 1.54) is 23.9 Å². The number of aryl methyl sites for hydroxylation is 2. The summed E-state index contributed by atoms with van der Waals surface area (Å²) in [6.45, 7) is 4.05. The zero-order valence-corrected chi connectivity index (χ0v) is 22.8. The Hall–Kier alpha value is -4.64. The SMILES string of the molecule is Cc1cccc(C)c1N1C(=N)CSC1=N/N=C/c1ccc2c(ccc3c2ncn3-c2ccc(OC(F)(F)F)cc2)c1. The van der Waals surface area contributed by atoms with Gasteiger partial charge in [0.2, 0.25) is 0 Å². The molecule has 1 aliphatic rings. The highest BCUT2D eigenvalue weighted by Crippen LogP contribution is 2.33. The summed E-state index contributed by atoms with van der Waals surface area (Å²) in [5, 5.41) is 19.8. The van der Waals surface area contributed by atoms with Crippen molar-refractivity contribution in [3.8, 4) is 11.4 Å². The molecule has 0 aliphatic carbocycles. The van der Waals surface area contributed by atoms with Crippen LogP contribution < -0.4 is 9.64 Å². The normalized spacial score (nSPS) is 15.2. The third-order valence-corrected chi connectivity index (χ3v) is 7.66. The number of thioether (sulfide) groups is 1. The standard InChI is InChI=1S/C30H23F3N6OS/c1-18-4-3-5-19(2)28(18)39-26(34)16-41-29(39)37-36-15-20-6-12-24-21(14-20)7-13-25-27(24)35-17-38(25)22-8-10-23(11-9-22)40-30(31,32)33/h3-15,17,34H,16H2,1-2H3/b34-26?,36-15+,37-29?. The summed E-state index contributed by atoms with van der Waals surface area (Å²) in [4.78, 5) is 6.43. The lowest BCUT2D eigenvalue weighted by Crippen LogP contribution is -2.30. The van der Waals surface area contributed by atoms with Gasteiger partial charge in [-0.3, -0.25) is 14.9 Å². The first-order valence-electron chi connectivity index (χ1n) is 12.6. The molecule has 41 heavy (non-hydrogen) atoms. The number of hydrogen-bond acceptors (Lipinski definition) is 6. The summed E-state index contributed by atoms with van der Waals surface area (Å²) in [7, 11) is 0. The highest BCUT2D eigenvalue weighted by Gasteiger charge is 2.31. The Morgan fingerprint density at radius 2 is 1.76 bits per heavy atom. The highest BCUT2D eigenvalue weighted by atomic mass is 32.2. The van der Waals surface area contributed by atoms with Gasteiger partial charge >= 0.3 is 6.36 Å². The van der Waals surface area contributed by atoms with Crippen molar-refractivity contribution in [3.05, 3.63) is 95.8 Å². The molecule has 7 nitrogen and oxygen atoms in total. The third kappa shape index (κ3) is 5.28. The zero-order chi connectivity index (χ0) is 28.7. The van der Waals surface area contributed by atoms with Gasteiger partial charge in [-0.2, -0.15) is 5.10 Å². The van der Waals surface area contributed by atoms with Crippen molar-refractivity contribution >= 4 is 56.5 Å². The van der Waals surface area contributed by atoms with E-state index < -0.39 is 6.36 Å². The van der Waals surface area contributed by atoms with Crippen molar-refractivity contribution in [2.24, 2.45) is 10.2 Å². The number of benzene rings is 4. The van der Waals surface area contributed by atoms with Crippen LogP contribution in [0.4, 0.5) is 18.9 Å². The van der Waals surface area contributed by atoms with Gasteiger partial charge in [0, 0.05) is 11.1 Å². The lowest BCUT2D eigenvalue weighted by Gasteiger charge is -2.21. The van der Waals surface area contributed by atoms with Crippen LogP contribution in [0.1, 0.15) is 16.7 Å². The van der Waals surface area contributed by atoms with E-state index in [-0.39, 0.29) is 5.75 Å². The van der Waals surface area contributed by atoms with Gasteiger partial charge in [0.15, 0.2) is 5.17 Å². The average Bonchev–Trinajstić information content (AvgIpc) is 3.52. The van der Waals surface area contributed by atoms with Crippen molar-refractivity contribution in [1.29, 1.82) is 5.41 Å². The molecule has 0 saturated carbocycles. The Kier molecular flexibility index (Phi) is 6.74. The molecule has 1 saturated heterocycles. The number of anilines is 1. The van der Waals surface area contributed by atoms with Gasteiger partial charge in [-0.25, -0.2) is 4.98 Å². The van der Waals surface area contributed by atoms with E-state index in [1.54, 1.807) is 24.7 Å². The van der Waals surface area contributed by atoms with Crippen LogP contribution >= 0.6 is 11.8 Å². The second-order valence-corrected chi connectivity index (χ2v) is 10.5. The van der Waals surface area contributed by atoms with Crippen molar-refractivity contribution in [3.63, 3.8) is 0 Å². The monoisotopic (exact) mass is 572 g/mol. The lowest BCUT2D eigenvalue weighted by atomic mass is 10.1. The summed E-state index contributed by atoms with van der Waals surface area (Å²) in [5.41, 5.74) is 6.23. The number of nitrogens with zero attached hydrogens (tertiary/aromatic N) is 5. The van der Waals surface area contributed by atoms with Crippen LogP contribution in [0.15, 0.2) is 89.3 Å². The maximum absolute atomic E-state index is 12.5. The molecule has 2 heterocycles. The van der Waals surface area contributed by atoms with Gasteiger partial charge in [0.1, 0.15) is 17.9 Å².